The summed E-state index contributed by atoms with van der Waals surface area (Å²) in [5, 5.41) is 2.75. The van der Waals surface area contributed by atoms with Gasteiger partial charge in [-0.3, -0.25) is 9.59 Å². The lowest BCUT2D eigenvalue weighted by atomic mass is 10.1. The molecule has 4 nitrogen and oxygen atoms in total. The average molecular weight is 368 g/mol. The molecule has 5 heteroatoms. The number of halogens is 1. The number of carbonyl (C=O) groups is 2. The first-order valence-electron chi connectivity index (χ1n) is 9.33. The fourth-order valence-electron chi connectivity index (χ4n) is 3.22. The van der Waals surface area contributed by atoms with Gasteiger partial charge in [0.25, 0.3) is 0 Å². The number of amides is 2. The second kappa shape index (κ2) is 8.33. The van der Waals surface area contributed by atoms with Crippen LogP contribution in [0, 0.1) is 17.7 Å². The zero-order chi connectivity index (χ0) is 19.4. The minimum atomic E-state index is -0.338. The molecule has 0 aromatic heterocycles. The molecule has 27 heavy (non-hydrogen) atoms. The predicted octanol–water partition coefficient (Wildman–Crippen LogP) is 3.52. The number of hydrogen-bond donors (Lipinski definition) is 1. The Bertz CT molecular complexity index is 807. The molecule has 142 valence electrons. The highest BCUT2D eigenvalue weighted by Gasteiger charge is 2.49. The Hall–Kier alpha value is -2.69. The molecule has 2 aromatic carbocycles. The Morgan fingerprint density at radius 2 is 1.74 bits per heavy atom. The highest BCUT2D eigenvalue weighted by molar-refractivity contribution is 5.92. The third kappa shape index (κ3) is 4.73. The molecular weight excluding hydrogens is 343 g/mol. The van der Waals surface area contributed by atoms with Gasteiger partial charge in [0.1, 0.15) is 5.82 Å². The summed E-state index contributed by atoms with van der Waals surface area (Å²) in [6.45, 7) is 4.64. The van der Waals surface area contributed by atoms with Gasteiger partial charge in [0, 0.05) is 24.7 Å². The Balaban J connectivity index is 1.56. The molecule has 3 rings (SSSR count). The van der Waals surface area contributed by atoms with Gasteiger partial charge >= 0.3 is 0 Å². The quantitative estimate of drug-likeness (QED) is 0.813. The van der Waals surface area contributed by atoms with Crippen LogP contribution in [-0.2, 0) is 22.7 Å². The van der Waals surface area contributed by atoms with Crippen LogP contribution < -0.4 is 5.32 Å². The lowest BCUT2D eigenvalue weighted by molar-refractivity contribution is -0.136. The minimum absolute atomic E-state index is 0.0138. The van der Waals surface area contributed by atoms with Gasteiger partial charge in [0.05, 0.1) is 11.8 Å². The SMILES string of the molecule is CC(C)N(Cc1ccccc1)C(=O)C1CC1C(=O)NCc1ccccc1F. The van der Waals surface area contributed by atoms with E-state index >= 15 is 0 Å². The van der Waals surface area contributed by atoms with Crippen LogP contribution in [0.25, 0.3) is 0 Å². The molecule has 0 heterocycles. The van der Waals surface area contributed by atoms with E-state index in [1.807, 2.05) is 49.1 Å². The van der Waals surface area contributed by atoms with Gasteiger partial charge in [0.15, 0.2) is 0 Å². The predicted molar refractivity (Wildman–Crippen MR) is 102 cm³/mol. The number of rotatable bonds is 7. The molecule has 2 unspecified atom stereocenters. The van der Waals surface area contributed by atoms with E-state index < -0.39 is 0 Å². The summed E-state index contributed by atoms with van der Waals surface area (Å²) < 4.78 is 13.7. The van der Waals surface area contributed by atoms with Gasteiger partial charge in [-0.1, -0.05) is 48.5 Å². The van der Waals surface area contributed by atoms with Crippen molar-refractivity contribution < 1.29 is 14.0 Å². The Morgan fingerprint density at radius 3 is 2.41 bits per heavy atom. The fraction of sp³-hybridized carbons (Fsp3) is 0.364. The second-order valence-corrected chi connectivity index (χ2v) is 7.30. The molecule has 0 spiro atoms. The molecular formula is C22H25FN2O2. The van der Waals surface area contributed by atoms with Crippen molar-refractivity contribution in [2.45, 2.75) is 39.4 Å². The molecule has 0 radical (unpaired) electrons. The maximum absolute atomic E-state index is 13.7. The molecule has 1 fully saturated rings. The van der Waals surface area contributed by atoms with Gasteiger partial charge in [0.2, 0.25) is 11.8 Å². The Labute approximate surface area is 159 Å². The van der Waals surface area contributed by atoms with Gasteiger partial charge in [-0.05, 0) is 31.9 Å². The molecule has 1 aliphatic carbocycles. The highest BCUT2D eigenvalue weighted by atomic mass is 19.1. The molecule has 0 aliphatic heterocycles. The Morgan fingerprint density at radius 1 is 1.07 bits per heavy atom. The summed E-state index contributed by atoms with van der Waals surface area (Å²) in [7, 11) is 0. The number of nitrogens with zero attached hydrogens (tertiary/aromatic N) is 1. The molecule has 0 saturated heterocycles. The number of nitrogens with one attached hydrogen (secondary N) is 1. The van der Waals surface area contributed by atoms with E-state index in [1.165, 1.54) is 6.07 Å². The van der Waals surface area contributed by atoms with Crippen molar-refractivity contribution in [1.29, 1.82) is 0 Å². The molecule has 0 bridgehead atoms. The van der Waals surface area contributed by atoms with Gasteiger partial charge < -0.3 is 10.2 Å². The van der Waals surface area contributed by atoms with Crippen molar-refractivity contribution in [3.63, 3.8) is 0 Å². The summed E-state index contributed by atoms with van der Waals surface area (Å²) >= 11 is 0. The summed E-state index contributed by atoms with van der Waals surface area (Å²) in [5.74, 6) is -1.10. The average Bonchev–Trinajstić information content (AvgIpc) is 3.46. The normalized spacial score (nSPS) is 18.2. The molecule has 2 atom stereocenters. The maximum atomic E-state index is 13.7. The van der Waals surface area contributed by atoms with Crippen molar-refractivity contribution in [1.82, 2.24) is 10.2 Å². The monoisotopic (exact) mass is 368 g/mol. The number of carbonyl (C=O) groups excluding carboxylic acids is 2. The lowest BCUT2D eigenvalue weighted by Crippen LogP contribution is -2.38. The van der Waals surface area contributed by atoms with Crippen LogP contribution in [0.5, 0.6) is 0 Å². The topological polar surface area (TPSA) is 49.4 Å². The summed E-state index contributed by atoms with van der Waals surface area (Å²) in [5.41, 5.74) is 1.52. The molecule has 2 aromatic rings. The number of benzene rings is 2. The van der Waals surface area contributed by atoms with Crippen LogP contribution in [0.3, 0.4) is 0 Å². The number of hydrogen-bond acceptors (Lipinski definition) is 2. The first-order chi connectivity index (χ1) is 13.0. The smallest absolute Gasteiger partial charge is 0.227 e. The Kier molecular flexibility index (Phi) is 5.89. The van der Waals surface area contributed by atoms with E-state index in [2.05, 4.69) is 5.32 Å². The third-order valence-electron chi connectivity index (χ3n) is 4.96. The van der Waals surface area contributed by atoms with E-state index in [-0.39, 0.29) is 42.1 Å². The van der Waals surface area contributed by atoms with Crippen molar-refractivity contribution in [3.8, 4) is 0 Å². The van der Waals surface area contributed by atoms with E-state index in [0.717, 1.165) is 5.56 Å². The lowest BCUT2D eigenvalue weighted by Gasteiger charge is -2.27. The van der Waals surface area contributed by atoms with Gasteiger partial charge in [-0.25, -0.2) is 4.39 Å². The van der Waals surface area contributed by atoms with Crippen molar-refractivity contribution in [2.24, 2.45) is 11.8 Å². The van der Waals surface area contributed by atoms with Gasteiger partial charge in [-0.15, -0.1) is 0 Å². The third-order valence-corrected chi connectivity index (χ3v) is 4.96. The largest absolute Gasteiger partial charge is 0.352 e. The van der Waals surface area contributed by atoms with Gasteiger partial charge in [-0.2, -0.15) is 0 Å². The van der Waals surface area contributed by atoms with Crippen LogP contribution in [0.4, 0.5) is 4.39 Å². The molecule has 1 aliphatic rings. The van der Waals surface area contributed by atoms with Crippen LogP contribution in [0.1, 0.15) is 31.4 Å². The first kappa shape index (κ1) is 19.1. The second-order valence-electron chi connectivity index (χ2n) is 7.30. The van der Waals surface area contributed by atoms with E-state index in [4.69, 9.17) is 0 Å². The van der Waals surface area contributed by atoms with E-state index in [0.29, 0.717) is 18.5 Å². The summed E-state index contributed by atoms with van der Waals surface area (Å²) in [6.07, 6.45) is 0.556. The standard InChI is InChI=1S/C22H25FN2O2/c1-15(2)25(14-16-8-4-3-5-9-16)22(27)19-12-18(19)21(26)24-13-17-10-6-7-11-20(17)23/h3-11,15,18-19H,12-14H2,1-2H3,(H,24,26). The maximum Gasteiger partial charge on any atom is 0.227 e. The molecule has 1 saturated carbocycles. The fourth-order valence-corrected chi connectivity index (χ4v) is 3.22. The summed E-state index contributed by atoms with van der Waals surface area (Å²) in [4.78, 5) is 27.1. The van der Waals surface area contributed by atoms with Crippen LogP contribution >= 0.6 is 0 Å². The van der Waals surface area contributed by atoms with Crippen molar-refractivity contribution in [2.75, 3.05) is 0 Å². The minimum Gasteiger partial charge on any atom is -0.352 e. The molecule has 2 amide bonds. The van der Waals surface area contributed by atoms with E-state index in [9.17, 15) is 14.0 Å². The zero-order valence-electron chi connectivity index (χ0n) is 15.7. The van der Waals surface area contributed by atoms with E-state index in [1.54, 1.807) is 18.2 Å². The van der Waals surface area contributed by atoms with Crippen LogP contribution in [0.2, 0.25) is 0 Å². The summed E-state index contributed by atoms with van der Waals surface area (Å²) in [6, 6.07) is 16.3. The molecule has 1 N–H and O–H groups in total. The zero-order valence-corrected chi connectivity index (χ0v) is 15.7. The van der Waals surface area contributed by atoms with Crippen molar-refractivity contribution >= 4 is 11.8 Å². The van der Waals surface area contributed by atoms with Crippen LogP contribution in [-0.4, -0.2) is 22.8 Å². The van der Waals surface area contributed by atoms with Crippen molar-refractivity contribution in [3.05, 3.63) is 71.5 Å². The highest BCUT2D eigenvalue weighted by Crippen LogP contribution is 2.40. The first-order valence-corrected chi connectivity index (χ1v) is 9.33. The van der Waals surface area contributed by atoms with Crippen LogP contribution in [0.15, 0.2) is 54.6 Å².